The molecule has 7 nitrogen and oxygen atoms in total. The number of hydrazine groups is 1. The minimum Gasteiger partial charge on any atom is -0.353 e. The van der Waals surface area contributed by atoms with Gasteiger partial charge in [0.2, 0.25) is 11.8 Å². The third-order valence-corrected chi connectivity index (χ3v) is 5.90. The van der Waals surface area contributed by atoms with Gasteiger partial charge in [0.25, 0.3) is 0 Å². The van der Waals surface area contributed by atoms with Crippen molar-refractivity contribution < 1.29 is 9.59 Å². The fourth-order valence-corrected chi connectivity index (χ4v) is 4.39. The van der Waals surface area contributed by atoms with Gasteiger partial charge in [-0.15, -0.1) is 0 Å². The molecule has 2 atom stereocenters. The van der Waals surface area contributed by atoms with E-state index in [0.717, 1.165) is 19.5 Å². The van der Waals surface area contributed by atoms with Gasteiger partial charge in [0.05, 0.1) is 6.54 Å². The Morgan fingerprint density at radius 2 is 1.77 bits per heavy atom. The average Bonchev–Trinajstić information content (AvgIpc) is 3.23. The minimum atomic E-state index is -0.232. The molecule has 7 heteroatoms. The van der Waals surface area contributed by atoms with E-state index in [-0.39, 0.29) is 29.9 Å². The summed E-state index contributed by atoms with van der Waals surface area (Å²) in [6.45, 7) is 7.09. The van der Waals surface area contributed by atoms with Crippen molar-refractivity contribution in [3.8, 4) is 0 Å². The molecule has 3 N–H and O–H groups in total. The first-order valence-corrected chi connectivity index (χ1v) is 10.8. The Hall–Kier alpha value is -2.48. The highest BCUT2D eigenvalue weighted by molar-refractivity contribution is 5.87. The van der Waals surface area contributed by atoms with Crippen LogP contribution in [-0.2, 0) is 9.59 Å². The SMILES string of the molecule is CC(C)NC(=O)CN1CCN(C(=O)C2CC(c3cccc4ccccc34)NN2)CC1. The topological polar surface area (TPSA) is 76.7 Å². The number of carbonyl (C=O) groups excluding carboxylic acids is 2. The monoisotopic (exact) mass is 409 g/mol. The molecule has 30 heavy (non-hydrogen) atoms. The van der Waals surface area contributed by atoms with E-state index < -0.39 is 0 Å². The first-order chi connectivity index (χ1) is 14.5. The van der Waals surface area contributed by atoms with Crippen molar-refractivity contribution in [2.75, 3.05) is 32.7 Å². The van der Waals surface area contributed by atoms with Crippen LogP contribution < -0.4 is 16.2 Å². The first-order valence-electron chi connectivity index (χ1n) is 10.8. The van der Waals surface area contributed by atoms with E-state index in [9.17, 15) is 9.59 Å². The van der Waals surface area contributed by atoms with Crippen LogP contribution in [-0.4, -0.2) is 66.4 Å². The molecule has 2 aliphatic rings. The molecule has 2 saturated heterocycles. The van der Waals surface area contributed by atoms with Crippen LogP contribution in [0.3, 0.4) is 0 Å². The summed E-state index contributed by atoms with van der Waals surface area (Å²) in [5, 5.41) is 5.36. The van der Waals surface area contributed by atoms with Crippen LogP contribution in [0.25, 0.3) is 10.8 Å². The molecule has 160 valence electrons. The molecule has 0 aliphatic carbocycles. The molecular weight excluding hydrogens is 378 g/mol. The highest BCUT2D eigenvalue weighted by Crippen LogP contribution is 2.29. The second-order valence-electron chi connectivity index (χ2n) is 8.52. The molecule has 2 aromatic carbocycles. The van der Waals surface area contributed by atoms with E-state index in [1.54, 1.807) is 0 Å². The minimum absolute atomic E-state index is 0.0457. The molecule has 2 unspecified atom stereocenters. The first kappa shape index (κ1) is 20.8. The molecule has 0 bridgehead atoms. The fourth-order valence-electron chi connectivity index (χ4n) is 4.39. The quantitative estimate of drug-likeness (QED) is 0.696. The van der Waals surface area contributed by atoms with Crippen LogP contribution in [0, 0.1) is 0 Å². The van der Waals surface area contributed by atoms with E-state index in [4.69, 9.17) is 0 Å². The Morgan fingerprint density at radius 3 is 2.53 bits per heavy atom. The molecule has 2 fully saturated rings. The summed E-state index contributed by atoms with van der Waals surface area (Å²) in [7, 11) is 0. The molecule has 0 aromatic heterocycles. The lowest BCUT2D eigenvalue weighted by Crippen LogP contribution is -2.55. The van der Waals surface area contributed by atoms with E-state index >= 15 is 0 Å². The summed E-state index contributed by atoms with van der Waals surface area (Å²) < 4.78 is 0. The van der Waals surface area contributed by atoms with Crippen molar-refractivity contribution in [3.05, 3.63) is 48.0 Å². The van der Waals surface area contributed by atoms with Crippen LogP contribution in [0.2, 0.25) is 0 Å². The van der Waals surface area contributed by atoms with Crippen LogP contribution in [0.1, 0.15) is 31.9 Å². The molecule has 0 radical (unpaired) electrons. The third-order valence-electron chi connectivity index (χ3n) is 5.90. The summed E-state index contributed by atoms with van der Waals surface area (Å²) in [5.74, 6) is 0.181. The number of hydrogen-bond acceptors (Lipinski definition) is 5. The highest BCUT2D eigenvalue weighted by atomic mass is 16.2. The highest BCUT2D eigenvalue weighted by Gasteiger charge is 2.34. The van der Waals surface area contributed by atoms with E-state index in [0.29, 0.717) is 19.6 Å². The van der Waals surface area contributed by atoms with E-state index in [1.807, 2.05) is 24.8 Å². The smallest absolute Gasteiger partial charge is 0.241 e. The Labute approximate surface area is 177 Å². The molecule has 2 aromatic rings. The van der Waals surface area contributed by atoms with Gasteiger partial charge < -0.3 is 10.2 Å². The van der Waals surface area contributed by atoms with Crippen molar-refractivity contribution in [1.82, 2.24) is 26.0 Å². The number of carbonyl (C=O) groups is 2. The van der Waals surface area contributed by atoms with Gasteiger partial charge in [-0.25, -0.2) is 10.9 Å². The van der Waals surface area contributed by atoms with Crippen LogP contribution in [0.4, 0.5) is 0 Å². The number of nitrogens with one attached hydrogen (secondary N) is 3. The largest absolute Gasteiger partial charge is 0.353 e. The summed E-state index contributed by atoms with van der Waals surface area (Å²) >= 11 is 0. The lowest BCUT2D eigenvalue weighted by molar-refractivity contribution is -0.135. The Morgan fingerprint density at radius 1 is 1.03 bits per heavy atom. The van der Waals surface area contributed by atoms with Crippen molar-refractivity contribution in [1.29, 1.82) is 0 Å². The summed E-state index contributed by atoms with van der Waals surface area (Å²) in [5.41, 5.74) is 7.76. The van der Waals surface area contributed by atoms with Crippen LogP contribution in [0.5, 0.6) is 0 Å². The maximum atomic E-state index is 13.0. The zero-order valence-corrected chi connectivity index (χ0v) is 17.7. The summed E-state index contributed by atoms with van der Waals surface area (Å²) in [4.78, 5) is 29.0. The predicted molar refractivity (Wildman–Crippen MR) is 118 cm³/mol. The molecule has 2 heterocycles. The second-order valence-corrected chi connectivity index (χ2v) is 8.52. The zero-order valence-electron chi connectivity index (χ0n) is 17.7. The zero-order chi connectivity index (χ0) is 21.1. The number of rotatable bonds is 5. The molecule has 2 aliphatic heterocycles. The molecular formula is C23H31N5O2. The van der Waals surface area contributed by atoms with Crippen molar-refractivity contribution in [3.63, 3.8) is 0 Å². The molecule has 0 spiro atoms. The predicted octanol–water partition coefficient (Wildman–Crippen LogP) is 1.42. The van der Waals surface area contributed by atoms with Gasteiger partial charge in [-0.2, -0.15) is 0 Å². The lowest BCUT2D eigenvalue weighted by atomic mass is 9.96. The van der Waals surface area contributed by atoms with Gasteiger partial charge in [-0.3, -0.25) is 14.5 Å². The van der Waals surface area contributed by atoms with Crippen molar-refractivity contribution >= 4 is 22.6 Å². The number of nitrogens with zero attached hydrogens (tertiary/aromatic N) is 2. The van der Waals surface area contributed by atoms with E-state index in [2.05, 4.69) is 57.5 Å². The van der Waals surface area contributed by atoms with Gasteiger partial charge >= 0.3 is 0 Å². The molecule has 2 amide bonds. The maximum Gasteiger partial charge on any atom is 0.241 e. The van der Waals surface area contributed by atoms with Gasteiger partial charge in [0.15, 0.2) is 0 Å². The fraction of sp³-hybridized carbons (Fsp3) is 0.478. The standard InChI is InChI=1S/C23H31N5O2/c1-16(2)24-22(29)15-27-10-12-28(13-11-27)23(30)21-14-20(25-26-21)19-9-5-7-17-6-3-4-8-18(17)19/h3-9,16,20-21,25-26H,10-15H2,1-2H3,(H,24,29). The van der Waals surface area contributed by atoms with Gasteiger partial charge in [0.1, 0.15) is 6.04 Å². The van der Waals surface area contributed by atoms with Crippen LogP contribution >= 0.6 is 0 Å². The number of fused-ring (bicyclic) bond motifs is 1. The second kappa shape index (κ2) is 9.12. The van der Waals surface area contributed by atoms with Gasteiger partial charge in [-0.1, -0.05) is 42.5 Å². The van der Waals surface area contributed by atoms with Crippen LogP contribution in [0.15, 0.2) is 42.5 Å². The molecule has 0 saturated carbocycles. The lowest BCUT2D eigenvalue weighted by Gasteiger charge is -2.35. The summed E-state index contributed by atoms with van der Waals surface area (Å²) in [6, 6.07) is 14.7. The van der Waals surface area contributed by atoms with E-state index in [1.165, 1.54) is 16.3 Å². The van der Waals surface area contributed by atoms with Gasteiger partial charge in [0, 0.05) is 38.3 Å². The number of benzene rings is 2. The summed E-state index contributed by atoms with van der Waals surface area (Å²) in [6.07, 6.45) is 0.726. The number of amides is 2. The maximum absolute atomic E-state index is 13.0. The van der Waals surface area contributed by atoms with Gasteiger partial charge in [-0.05, 0) is 36.6 Å². The number of hydrogen-bond donors (Lipinski definition) is 3. The number of piperazine rings is 1. The average molecular weight is 410 g/mol. The third kappa shape index (κ3) is 4.64. The van der Waals surface area contributed by atoms with Crippen molar-refractivity contribution in [2.24, 2.45) is 0 Å². The van der Waals surface area contributed by atoms with Crippen molar-refractivity contribution in [2.45, 2.75) is 38.4 Å². The Kier molecular flexibility index (Phi) is 6.32. The Balaban J connectivity index is 1.32. The Bertz CT molecular complexity index is 902. The normalized spacial score (nSPS) is 22.6. The molecule has 4 rings (SSSR count).